The van der Waals surface area contributed by atoms with Crippen molar-refractivity contribution in [2.24, 2.45) is 0 Å². The van der Waals surface area contributed by atoms with Gasteiger partial charge in [0.25, 0.3) is 0 Å². The maximum absolute atomic E-state index is 5.87. The first-order chi connectivity index (χ1) is 12.2. The van der Waals surface area contributed by atoms with E-state index < -0.39 is 0 Å². The number of halogens is 1. The van der Waals surface area contributed by atoms with Gasteiger partial charge < -0.3 is 4.74 Å². The molecule has 2 aromatic carbocycles. The highest BCUT2D eigenvalue weighted by atomic mass is 79.9. The predicted molar refractivity (Wildman–Crippen MR) is 109 cm³/mol. The Balaban J connectivity index is 1.66. The third-order valence-corrected chi connectivity index (χ3v) is 5.21. The molecule has 0 bridgehead atoms. The number of fused-ring (bicyclic) bond motifs is 1. The van der Waals surface area contributed by atoms with E-state index >= 15 is 0 Å². The Bertz CT molecular complexity index is 883. The number of hydrogen-bond donors (Lipinski definition) is 0. The second-order valence-corrected chi connectivity index (χ2v) is 7.56. The standard InChI is InChI=1S/C20H19BrN2OS/c1-3-11-23(2)12-4-13-24-17-9-10-18-19(14-17)25-22-20(18)15-5-7-16(21)8-6-15/h1,5-10,14H,4,11-13H2,2H3. The minimum absolute atomic E-state index is 0.672. The van der Waals surface area contributed by atoms with E-state index in [2.05, 4.69) is 55.4 Å². The molecule has 0 aliphatic carbocycles. The van der Waals surface area contributed by atoms with Crippen LogP contribution >= 0.6 is 27.5 Å². The molecule has 0 unspecified atom stereocenters. The van der Waals surface area contributed by atoms with Crippen LogP contribution in [0.4, 0.5) is 0 Å². The summed E-state index contributed by atoms with van der Waals surface area (Å²) in [5, 5.41) is 1.16. The fourth-order valence-corrected chi connectivity index (χ4v) is 3.67. The van der Waals surface area contributed by atoms with Crippen LogP contribution in [0.5, 0.6) is 5.75 Å². The number of hydrogen-bond acceptors (Lipinski definition) is 4. The highest BCUT2D eigenvalue weighted by molar-refractivity contribution is 9.10. The molecule has 0 saturated heterocycles. The molecule has 1 heterocycles. The summed E-state index contributed by atoms with van der Waals surface area (Å²) in [6, 6.07) is 14.4. The summed E-state index contributed by atoms with van der Waals surface area (Å²) in [6.07, 6.45) is 6.25. The Kier molecular flexibility index (Phi) is 6.09. The smallest absolute Gasteiger partial charge is 0.120 e. The van der Waals surface area contributed by atoms with Crippen molar-refractivity contribution in [2.45, 2.75) is 6.42 Å². The van der Waals surface area contributed by atoms with Gasteiger partial charge in [-0.3, -0.25) is 4.90 Å². The van der Waals surface area contributed by atoms with Crippen LogP contribution in [-0.4, -0.2) is 36.0 Å². The molecule has 1 aromatic heterocycles. The normalized spacial score (nSPS) is 11.0. The maximum atomic E-state index is 5.87. The lowest BCUT2D eigenvalue weighted by molar-refractivity contribution is 0.275. The lowest BCUT2D eigenvalue weighted by Crippen LogP contribution is -2.21. The van der Waals surface area contributed by atoms with Crippen LogP contribution in [0.1, 0.15) is 6.42 Å². The zero-order chi connectivity index (χ0) is 17.6. The molecule has 0 fully saturated rings. The fourth-order valence-electron chi connectivity index (χ4n) is 2.58. The van der Waals surface area contributed by atoms with E-state index in [-0.39, 0.29) is 0 Å². The Morgan fingerprint density at radius 3 is 2.80 bits per heavy atom. The molecule has 3 nitrogen and oxygen atoms in total. The van der Waals surface area contributed by atoms with Crippen LogP contribution in [-0.2, 0) is 0 Å². The van der Waals surface area contributed by atoms with E-state index in [0.29, 0.717) is 13.2 Å². The minimum Gasteiger partial charge on any atom is -0.493 e. The molecule has 5 heteroatoms. The first-order valence-electron chi connectivity index (χ1n) is 8.07. The monoisotopic (exact) mass is 414 g/mol. The number of ether oxygens (including phenoxy) is 1. The molecule has 128 valence electrons. The predicted octanol–water partition coefficient (Wildman–Crippen LogP) is 5.06. The van der Waals surface area contributed by atoms with Crippen LogP contribution in [0.25, 0.3) is 21.3 Å². The first kappa shape index (κ1) is 17.9. The number of rotatable bonds is 7. The van der Waals surface area contributed by atoms with Gasteiger partial charge in [0.05, 0.1) is 23.5 Å². The molecule has 0 radical (unpaired) electrons. The topological polar surface area (TPSA) is 25.4 Å². The van der Waals surface area contributed by atoms with Crippen molar-refractivity contribution < 1.29 is 4.74 Å². The lowest BCUT2D eigenvalue weighted by Gasteiger charge is -2.13. The summed E-state index contributed by atoms with van der Waals surface area (Å²) in [5.41, 5.74) is 2.15. The summed E-state index contributed by atoms with van der Waals surface area (Å²) in [5.74, 6) is 3.53. The number of benzene rings is 2. The largest absolute Gasteiger partial charge is 0.493 e. The Labute approximate surface area is 160 Å². The molecule has 3 rings (SSSR count). The third-order valence-electron chi connectivity index (χ3n) is 3.88. The Hall–Kier alpha value is -1.87. The van der Waals surface area contributed by atoms with Gasteiger partial charge in [0, 0.05) is 22.0 Å². The van der Waals surface area contributed by atoms with Crippen LogP contribution in [0.15, 0.2) is 46.9 Å². The van der Waals surface area contributed by atoms with E-state index in [0.717, 1.165) is 44.5 Å². The molecule has 3 aromatic rings. The quantitative estimate of drug-likeness (QED) is 0.399. The van der Waals surface area contributed by atoms with Gasteiger partial charge >= 0.3 is 0 Å². The zero-order valence-corrected chi connectivity index (χ0v) is 16.4. The number of aromatic nitrogens is 1. The molecule has 0 N–H and O–H groups in total. The van der Waals surface area contributed by atoms with Gasteiger partial charge in [-0.1, -0.05) is 34.0 Å². The maximum Gasteiger partial charge on any atom is 0.120 e. The molecule has 0 saturated carbocycles. The molecule has 0 amide bonds. The summed E-state index contributed by atoms with van der Waals surface area (Å²) in [7, 11) is 2.02. The van der Waals surface area contributed by atoms with Gasteiger partial charge in [0.2, 0.25) is 0 Å². The van der Waals surface area contributed by atoms with Crippen LogP contribution < -0.4 is 4.74 Å². The van der Waals surface area contributed by atoms with Gasteiger partial charge in [-0.25, -0.2) is 0 Å². The van der Waals surface area contributed by atoms with Crippen molar-refractivity contribution >= 4 is 37.5 Å². The minimum atomic E-state index is 0.672. The molecule has 25 heavy (non-hydrogen) atoms. The molecule has 0 aliphatic heterocycles. The SMILES string of the molecule is C#CCN(C)CCCOc1ccc2c(-c3ccc(Br)cc3)nsc2c1. The molecular formula is C20H19BrN2OS. The fraction of sp³-hybridized carbons (Fsp3) is 0.250. The molecule has 0 atom stereocenters. The van der Waals surface area contributed by atoms with E-state index in [4.69, 9.17) is 11.2 Å². The van der Waals surface area contributed by atoms with Gasteiger partial charge in [0.1, 0.15) is 5.75 Å². The molecule has 0 spiro atoms. The molecular weight excluding hydrogens is 396 g/mol. The zero-order valence-electron chi connectivity index (χ0n) is 14.0. The summed E-state index contributed by atoms with van der Waals surface area (Å²) >= 11 is 4.97. The molecule has 0 aliphatic rings. The van der Waals surface area contributed by atoms with Crippen molar-refractivity contribution in [2.75, 3.05) is 26.7 Å². The highest BCUT2D eigenvalue weighted by Crippen LogP contribution is 2.33. The Morgan fingerprint density at radius 2 is 2.04 bits per heavy atom. The summed E-state index contributed by atoms with van der Waals surface area (Å²) < 4.78 is 12.7. The number of nitrogens with zero attached hydrogens (tertiary/aromatic N) is 2. The van der Waals surface area contributed by atoms with E-state index in [1.807, 2.05) is 25.2 Å². The van der Waals surface area contributed by atoms with Crippen molar-refractivity contribution in [1.29, 1.82) is 0 Å². The first-order valence-corrected chi connectivity index (χ1v) is 9.64. The van der Waals surface area contributed by atoms with Gasteiger partial charge in [-0.2, -0.15) is 4.37 Å². The van der Waals surface area contributed by atoms with Crippen molar-refractivity contribution in [1.82, 2.24) is 9.27 Å². The van der Waals surface area contributed by atoms with E-state index in [1.54, 1.807) is 0 Å². The van der Waals surface area contributed by atoms with Gasteiger partial charge in [-0.05, 0) is 55.3 Å². The summed E-state index contributed by atoms with van der Waals surface area (Å²) in [6.45, 7) is 2.28. The van der Waals surface area contributed by atoms with Gasteiger partial charge in [-0.15, -0.1) is 6.42 Å². The highest BCUT2D eigenvalue weighted by Gasteiger charge is 2.09. The summed E-state index contributed by atoms with van der Waals surface area (Å²) in [4.78, 5) is 2.11. The average molecular weight is 415 g/mol. The van der Waals surface area contributed by atoms with Crippen molar-refractivity contribution in [3.8, 4) is 29.4 Å². The average Bonchev–Trinajstić information content (AvgIpc) is 3.03. The Morgan fingerprint density at radius 1 is 1.24 bits per heavy atom. The van der Waals surface area contributed by atoms with Crippen LogP contribution in [0.2, 0.25) is 0 Å². The second kappa shape index (κ2) is 8.48. The van der Waals surface area contributed by atoms with E-state index in [9.17, 15) is 0 Å². The van der Waals surface area contributed by atoms with Gasteiger partial charge in [0.15, 0.2) is 0 Å². The number of terminal acetylenes is 1. The van der Waals surface area contributed by atoms with Crippen molar-refractivity contribution in [3.05, 3.63) is 46.9 Å². The van der Waals surface area contributed by atoms with Crippen molar-refractivity contribution in [3.63, 3.8) is 0 Å². The second-order valence-electron chi connectivity index (χ2n) is 5.84. The van der Waals surface area contributed by atoms with Crippen LogP contribution in [0, 0.1) is 12.3 Å². The third kappa shape index (κ3) is 4.60. The lowest BCUT2D eigenvalue weighted by atomic mass is 10.1. The van der Waals surface area contributed by atoms with E-state index in [1.165, 1.54) is 11.5 Å². The van der Waals surface area contributed by atoms with Crippen LogP contribution in [0.3, 0.4) is 0 Å².